The van der Waals surface area contributed by atoms with Gasteiger partial charge in [0.1, 0.15) is 11.3 Å². The first-order chi connectivity index (χ1) is 16.2. The average Bonchev–Trinajstić information content (AvgIpc) is 2.83. The molecule has 0 aliphatic heterocycles. The smallest absolute Gasteiger partial charge is 0.339 e. The van der Waals surface area contributed by atoms with E-state index >= 15 is 0 Å². The standard InChI is InChI=1S/C25H29F4NO4/c1-3-4-5-6-7-8-9-10-15-34-17-13-11-16(12-14-17)30(2)24(31)18-19(25(32)33)21(27)23(29)22(28)20(18)26/h11-14H,3-10,15H2,1-2H3,(H,32,33). The Morgan fingerprint density at radius 2 is 1.29 bits per heavy atom. The van der Waals surface area contributed by atoms with Gasteiger partial charge >= 0.3 is 5.97 Å². The van der Waals surface area contributed by atoms with Crippen LogP contribution in [-0.2, 0) is 0 Å². The van der Waals surface area contributed by atoms with Crippen molar-refractivity contribution in [3.63, 3.8) is 0 Å². The Kier molecular flexibility index (Phi) is 10.3. The van der Waals surface area contributed by atoms with Crippen LogP contribution in [0.4, 0.5) is 23.2 Å². The molecular formula is C25H29F4NO4. The largest absolute Gasteiger partial charge is 0.494 e. The van der Waals surface area contributed by atoms with Crippen LogP contribution in [0.1, 0.15) is 79.0 Å². The van der Waals surface area contributed by atoms with Crippen LogP contribution in [0.3, 0.4) is 0 Å². The second-order valence-corrected chi connectivity index (χ2v) is 7.99. The number of amides is 1. The molecule has 0 radical (unpaired) electrons. The topological polar surface area (TPSA) is 66.8 Å². The number of carbonyl (C=O) groups excluding carboxylic acids is 1. The first kappa shape index (κ1) is 27.1. The number of aromatic carboxylic acids is 1. The van der Waals surface area contributed by atoms with Crippen LogP contribution >= 0.6 is 0 Å². The quantitative estimate of drug-likeness (QED) is 0.148. The van der Waals surface area contributed by atoms with Gasteiger partial charge in [-0.2, -0.15) is 0 Å². The normalized spacial score (nSPS) is 10.9. The Hall–Kier alpha value is -3.10. The monoisotopic (exact) mass is 483 g/mol. The zero-order valence-corrected chi connectivity index (χ0v) is 19.3. The van der Waals surface area contributed by atoms with E-state index in [0.717, 1.165) is 24.2 Å². The Morgan fingerprint density at radius 3 is 1.82 bits per heavy atom. The van der Waals surface area contributed by atoms with Crippen molar-refractivity contribution in [2.24, 2.45) is 0 Å². The number of ether oxygens (including phenoxy) is 1. The van der Waals surface area contributed by atoms with Crippen molar-refractivity contribution in [2.45, 2.75) is 58.3 Å². The SMILES string of the molecule is CCCCCCCCCCOc1ccc(N(C)C(=O)c2c(F)c(F)c(F)c(F)c2C(=O)O)cc1. The first-order valence-corrected chi connectivity index (χ1v) is 11.3. The minimum absolute atomic E-state index is 0.185. The summed E-state index contributed by atoms with van der Waals surface area (Å²) in [6.07, 6.45) is 9.33. The van der Waals surface area contributed by atoms with Crippen LogP contribution in [-0.4, -0.2) is 30.6 Å². The van der Waals surface area contributed by atoms with Crippen LogP contribution < -0.4 is 9.64 Å². The van der Waals surface area contributed by atoms with Crippen LogP contribution in [0.5, 0.6) is 5.75 Å². The summed E-state index contributed by atoms with van der Waals surface area (Å²) >= 11 is 0. The van der Waals surface area contributed by atoms with Crippen molar-refractivity contribution in [3.05, 3.63) is 58.7 Å². The molecule has 2 aromatic carbocycles. The van der Waals surface area contributed by atoms with E-state index in [9.17, 15) is 27.2 Å². The summed E-state index contributed by atoms with van der Waals surface area (Å²) in [4.78, 5) is 24.8. The summed E-state index contributed by atoms with van der Waals surface area (Å²) < 4.78 is 61.0. The maximum absolute atomic E-state index is 14.2. The van der Waals surface area contributed by atoms with E-state index in [1.165, 1.54) is 51.3 Å². The molecule has 0 saturated heterocycles. The predicted molar refractivity (Wildman–Crippen MR) is 121 cm³/mol. The average molecular weight is 484 g/mol. The summed E-state index contributed by atoms with van der Waals surface area (Å²) in [6, 6.07) is 6.03. The molecule has 0 aromatic heterocycles. The Labute approximate surface area is 196 Å². The number of carboxylic acids is 1. The third kappa shape index (κ3) is 6.71. The maximum atomic E-state index is 14.2. The summed E-state index contributed by atoms with van der Waals surface area (Å²) in [5.74, 6) is -11.7. The van der Waals surface area contributed by atoms with Gasteiger partial charge in [0.15, 0.2) is 23.3 Å². The maximum Gasteiger partial charge on any atom is 0.339 e. The minimum atomic E-state index is -2.30. The highest BCUT2D eigenvalue weighted by Gasteiger charge is 2.34. The summed E-state index contributed by atoms with van der Waals surface area (Å²) in [5.41, 5.74) is -2.79. The Bertz CT molecular complexity index is 996. The molecule has 9 heteroatoms. The van der Waals surface area contributed by atoms with Gasteiger partial charge in [-0.05, 0) is 30.7 Å². The summed E-state index contributed by atoms with van der Waals surface area (Å²) in [7, 11) is 1.17. The summed E-state index contributed by atoms with van der Waals surface area (Å²) in [6.45, 7) is 2.70. The zero-order chi connectivity index (χ0) is 25.3. The molecule has 2 rings (SSSR count). The lowest BCUT2D eigenvalue weighted by Gasteiger charge is -2.20. The second kappa shape index (κ2) is 13.0. The van der Waals surface area contributed by atoms with E-state index in [1.807, 2.05) is 0 Å². The fraction of sp³-hybridized carbons (Fsp3) is 0.440. The van der Waals surface area contributed by atoms with Gasteiger partial charge in [-0.3, -0.25) is 4.79 Å². The van der Waals surface area contributed by atoms with E-state index in [4.69, 9.17) is 9.84 Å². The fourth-order valence-electron chi connectivity index (χ4n) is 3.51. The lowest BCUT2D eigenvalue weighted by atomic mass is 10.0. The highest BCUT2D eigenvalue weighted by molar-refractivity contribution is 6.12. The molecule has 5 nitrogen and oxygen atoms in total. The van der Waals surface area contributed by atoms with Gasteiger partial charge in [0, 0.05) is 12.7 Å². The van der Waals surface area contributed by atoms with Crippen molar-refractivity contribution in [2.75, 3.05) is 18.6 Å². The van der Waals surface area contributed by atoms with E-state index in [2.05, 4.69) is 6.92 Å². The molecule has 2 aromatic rings. The highest BCUT2D eigenvalue weighted by Crippen LogP contribution is 2.28. The number of hydrogen-bond acceptors (Lipinski definition) is 3. The zero-order valence-electron chi connectivity index (χ0n) is 19.3. The molecule has 0 fully saturated rings. The van der Waals surface area contributed by atoms with E-state index in [1.54, 1.807) is 12.1 Å². The fourth-order valence-corrected chi connectivity index (χ4v) is 3.51. The first-order valence-electron chi connectivity index (χ1n) is 11.3. The number of nitrogens with zero attached hydrogens (tertiary/aromatic N) is 1. The van der Waals surface area contributed by atoms with Gasteiger partial charge in [-0.25, -0.2) is 22.4 Å². The minimum Gasteiger partial charge on any atom is -0.494 e. The number of anilines is 1. The van der Waals surface area contributed by atoms with Crippen molar-refractivity contribution < 1.29 is 37.0 Å². The number of carbonyl (C=O) groups is 2. The summed E-state index contributed by atoms with van der Waals surface area (Å²) in [5, 5.41) is 9.13. The molecule has 0 spiro atoms. The van der Waals surface area contributed by atoms with Gasteiger partial charge in [0.2, 0.25) is 0 Å². The number of halogens is 4. The van der Waals surface area contributed by atoms with E-state index < -0.39 is 46.3 Å². The highest BCUT2D eigenvalue weighted by atomic mass is 19.2. The van der Waals surface area contributed by atoms with Crippen LogP contribution in [0.15, 0.2) is 24.3 Å². The van der Waals surface area contributed by atoms with Gasteiger partial charge in [-0.15, -0.1) is 0 Å². The number of benzene rings is 2. The number of hydrogen-bond donors (Lipinski definition) is 1. The van der Waals surface area contributed by atoms with Gasteiger partial charge in [-0.1, -0.05) is 51.9 Å². The molecule has 0 aliphatic carbocycles. The molecule has 1 amide bonds. The van der Waals surface area contributed by atoms with Crippen LogP contribution in [0.25, 0.3) is 0 Å². The second-order valence-electron chi connectivity index (χ2n) is 7.99. The van der Waals surface area contributed by atoms with E-state index in [-0.39, 0.29) is 5.69 Å². The number of unbranched alkanes of at least 4 members (excludes halogenated alkanes) is 7. The number of rotatable bonds is 13. The van der Waals surface area contributed by atoms with Crippen molar-refractivity contribution in [3.8, 4) is 5.75 Å². The molecular weight excluding hydrogens is 454 g/mol. The third-order valence-electron chi connectivity index (χ3n) is 5.49. The van der Waals surface area contributed by atoms with Crippen molar-refractivity contribution >= 4 is 17.6 Å². The number of carboxylic acid groups (broad SMARTS) is 1. The van der Waals surface area contributed by atoms with Crippen molar-refractivity contribution in [1.29, 1.82) is 0 Å². The molecule has 34 heavy (non-hydrogen) atoms. The predicted octanol–water partition coefficient (Wildman–Crippen LogP) is 6.74. The lowest BCUT2D eigenvalue weighted by molar-refractivity contribution is 0.0683. The molecule has 186 valence electrons. The lowest BCUT2D eigenvalue weighted by Crippen LogP contribution is -2.30. The third-order valence-corrected chi connectivity index (χ3v) is 5.49. The van der Waals surface area contributed by atoms with Crippen LogP contribution in [0.2, 0.25) is 0 Å². The molecule has 0 heterocycles. The van der Waals surface area contributed by atoms with Gasteiger partial charge in [0.25, 0.3) is 5.91 Å². The Morgan fingerprint density at radius 1 is 0.794 bits per heavy atom. The Balaban J connectivity index is 1.99. The van der Waals surface area contributed by atoms with E-state index in [0.29, 0.717) is 12.4 Å². The molecule has 1 N–H and O–H groups in total. The molecule has 0 saturated carbocycles. The molecule has 0 unspecified atom stereocenters. The van der Waals surface area contributed by atoms with Crippen molar-refractivity contribution in [1.82, 2.24) is 0 Å². The van der Waals surface area contributed by atoms with Gasteiger partial charge in [0.05, 0.1) is 12.2 Å². The molecule has 0 bridgehead atoms. The van der Waals surface area contributed by atoms with Crippen LogP contribution in [0, 0.1) is 23.3 Å². The molecule has 0 aliphatic rings. The molecule has 0 atom stereocenters. The van der Waals surface area contributed by atoms with Gasteiger partial charge < -0.3 is 14.7 Å².